The molecule has 0 unspecified atom stereocenters. The second kappa shape index (κ2) is 6.06. The SMILES string of the molecule is COc1ccccc1OCc1ccc(C(=O)O)c(F)c1. The molecule has 4 nitrogen and oxygen atoms in total. The molecule has 0 aliphatic heterocycles. The van der Waals surface area contributed by atoms with Crippen LogP contribution in [0.3, 0.4) is 0 Å². The van der Waals surface area contributed by atoms with E-state index in [4.69, 9.17) is 14.6 Å². The Morgan fingerprint density at radius 3 is 2.50 bits per heavy atom. The van der Waals surface area contributed by atoms with E-state index in [1.54, 1.807) is 18.2 Å². The summed E-state index contributed by atoms with van der Waals surface area (Å²) in [6.45, 7) is 0.122. The number of ether oxygens (including phenoxy) is 2. The Morgan fingerprint density at radius 2 is 1.90 bits per heavy atom. The minimum absolute atomic E-state index is 0.122. The largest absolute Gasteiger partial charge is 0.493 e. The standard InChI is InChI=1S/C15H13FO4/c1-19-13-4-2-3-5-14(13)20-9-10-6-7-11(15(17)18)12(16)8-10/h2-8H,9H2,1H3,(H,17,18). The van der Waals surface area contributed by atoms with Crippen molar-refractivity contribution in [1.29, 1.82) is 0 Å². The molecule has 2 rings (SSSR count). The number of benzene rings is 2. The number of carboxylic acids is 1. The molecule has 0 atom stereocenters. The maximum absolute atomic E-state index is 13.5. The predicted octanol–water partition coefficient (Wildman–Crippen LogP) is 3.11. The average molecular weight is 276 g/mol. The molecule has 2 aromatic rings. The number of para-hydroxylation sites is 2. The zero-order chi connectivity index (χ0) is 14.5. The summed E-state index contributed by atoms with van der Waals surface area (Å²) in [4.78, 5) is 10.7. The van der Waals surface area contributed by atoms with Gasteiger partial charge >= 0.3 is 5.97 Å². The molecule has 20 heavy (non-hydrogen) atoms. The van der Waals surface area contributed by atoms with Crippen molar-refractivity contribution < 1.29 is 23.8 Å². The molecule has 0 aromatic heterocycles. The number of carbonyl (C=O) groups is 1. The monoisotopic (exact) mass is 276 g/mol. The Bertz CT molecular complexity index is 625. The third-order valence-corrected chi connectivity index (χ3v) is 2.73. The van der Waals surface area contributed by atoms with Gasteiger partial charge < -0.3 is 14.6 Å². The van der Waals surface area contributed by atoms with E-state index in [-0.39, 0.29) is 12.2 Å². The zero-order valence-corrected chi connectivity index (χ0v) is 10.8. The molecule has 2 aromatic carbocycles. The van der Waals surface area contributed by atoms with Gasteiger partial charge in [0.2, 0.25) is 0 Å². The van der Waals surface area contributed by atoms with E-state index in [2.05, 4.69) is 0 Å². The lowest BCUT2D eigenvalue weighted by molar-refractivity contribution is 0.0692. The van der Waals surface area contributed by atoms with Crippen molar-refractivity contribution in [3.8, 4) is 11.5 Å². The van der Waals surface area contributed by atoms with Crippen LogP contribution in [-0.4, -0.2) is 18.2 Å². The maximum Gasteiger partial charge on any atom is 0.338 e. The van der Waals surface area contributed by atoms with Crippen LogP contribution in [0.5, 0.6) is 11.5 Å². The van der Waals surface area contributed by atoms with Crippen LogP contribution in [-0.2, 0) is 6.61 Å². The third-order valence-electron chi connectivity index (χ3n) is 2.73. The molecule has 0 bridgehead atoms. The van der Waals surface area contributed by atoms with Crippen LogP contribution in [0.2, 0.25) is 0 Å². The quantitative estimate of drug-likeness (QED) is 0.911. The van der Waals surface area contributed by atoms with Gasteiger partial charge in [0.25, 0.3) is 0 Å². The fraction of sp³-hybridized carbons (Fsp3) is 0.133. The Kier molecular flexibility index (Phi) is 4.20. The summed E-state index contributed by atoms with van der Waals surface area (Å²) in [5.74, 6) is -0.953. The lowest BCUT2D eigenvalue weighted by Gasteiger charge is -2.10. The third kappa shape index (κ3) is 3.06. The number of carboxylic acid groups (broad SMARTS) is 1. The Morgan fingerprint density at radius 1 is 1.20 bits per heavy atom. The first kappa shape index (κ1) is 13.9. The minimum Gasteiger partial charge on any atom is -0.493 e. The first-order valence-electron chi connectivity index (χ1n) is 5.89. The molecule has 0 amide bonds. The predicted molar refractivity (Wildman–Crippen MR) is 70.7 cm³/mol. The van der Waals surface area contributed by atoms with Gasteiger partial charge in [0.15, 0.2) is 11.5 Å². The molecule has 0 heterocycles. The maximum atomic E-state index is 13.5. The highest BCUT2D eigenvalue weighted by molar-refractivity contribution is 5.87. The van der Waals surface area contributed by atoms with Crippen LogP contribution >= 0.6 is 0 Å². The van der Waals surface area contributed by atoms with E-state index in [0.29, 0.717) is 17.1 Å². The van der Waals surface area contributed by atoms with Crippen molar-refractivity contribution >= 4 is 5.97 Å². The summed E-state index contributed by atoms with van der Waals surface area (Å²) < 4.78 is 24.2. The molecular weight excluding hydrogens is 263 g/mol. The van der Waals surface area contributed by atoms with Crippen LogP contribution in [0.25, 0.3) is 0 Å². The van der Waals surface area contributed by atoms with Crippen molar-refractivity contribution in [3.05, 3.63) is 59.4 Å². The molecule has 0 aliphatic carbocycles. The van der Waals surface area contributed by atoms with Crippen molar-refractivity contribution in [3.63, 3.8) is 0 Å². The van der Waals surface area contributed by atoms with Crippen LogP contribution in [0, 0.1) is 5.82 Å². The normalized spacial score (nSPS) is 10.1. The Balaban J connectivity index is 2.11. The lowest BCUT2D eigenvalue weighted by Crippen LogP contribution is -2.03. The van der Waals surface area contributed by atoms with Crippen molar-refractivity contribution in [2.45, 2.75) is 6.61 Å². The van der Waals surface area contributed by atoms with Gasteiger partial charge in [0.05, 0.1) is 12.7 Å². The summed E-state index contributed by atoms with van der Waals surface area (Å²) >= 11 is 0. The molecule has 0 aliphatic rings. The molecular formula is C15H13FO4. The van der Waals surface area contributed by atoms with Crippen LogP contribution in [0.1, 0.15) is 15.9 Å². The summed E-state index contributed by atoms with van der Waals surface area (Å²) in [5, 5.41) is 8.74. The second-order valence-corrected chi connectivity index (χ2v) is 4.06. The first-order chi connectivity index (χ1) is 9.61. The van der Waals surface area contributed by atoms with Gasteiger partial charge in [0, 0.05) is 0 Å². The fourth-order valence-electron chi connectivity index (χ4n) is 1.72. The second-order valence-electron chi connectivity index (χ2n) is 4.06. The Labute approximate surface area is 115 Å². The summed E-state index contributed by atoms with van der Waals surface area (Å²) in [6, 6.07) is 11.0. The minimum atomic E-state index is -1.29. The molecule has 104 valence electrons. The molecule has 0 saturated carbocycles. The van der Waals surface area contributed by atoms with Gasteiger partial charge in [0.1, 0.15) is 12.4 Å². The van der Waals surface area contributed by atoms with Gasteiger partial charge in [-0.1, -0.05) is 18.2 Å². The van der Waals surface area contributed by atoms with Gasteiger partial charge in [-0.2, -0.15) is 0 Å². The smallest absolute Gasteiger partial charge is 0.338 e. The highest BCUT2D eigenvalue weighted by atomic mass is 19.1. The van der Waals surface area contributed by atoms with Gasteiger partial charge in [-0.25, -0.2) is 9.18 Å². The highest BCUT2D eigenvalue weighted by Crippen LogP contribution is 2.26. The van der Waals surface area contributed by atoms with Crippen molar-refractivity contribution in [1.82, 2.24) is 0 Å². The molecule has 0 fully saturated rings. The molecule has 0 spiro atoms. The van der Waals surface area contributed by atoms with E-state index >= 15 is 0 Å². The molecule has 5 heteroatoms. The Hall–Kier alpha value is -2.56. The van der Waals surface area contributed by atoms with E-state index < -0.39 is 11.8 Å². The summed E-state index contributed by atoms with van der Waals surface area (Å²) in [7, 11) is 1.53. The van der Waals surface area contributed by atoms with Crippen molar-refractivity contribution in [2.24, 2.45) is 0 Å². The fourth-order valence-corrected chi connectivity index (χ4v) is 1.72. The molecule has 0 radical (unpaired) electrons. The zero-order valence-electron chi connectivity index (χ0n) is 10.8. The first-order valence-corrected chi connectivity index (χ1v) is 5.89. The molecule has 1 N–H and O–H groups in total. The van der Waals surface area contributed by atoms with Gasteiger partial charge in [-0.15, -0.1) is 0 Å². The summed E-state index contributed by atoms with van der Waals surface area (Å²) in [6.07, 6.45) is 0. The number of methoxy groups -OCH3 is 1. The van der Waals surface area contributed by atoms with Gasteiger partial charge in [-0.3, -0.25) is 0 Å². The average Bonchev–Trinajstić information content (AvgIpc) is 2.45. The number of hydrogen-bond acceptors (Lipinski definition) is 3. The van der Waals surface area contributed by atoms with Crippen LogP contribution in [0.15, 0.2) is 42.5 Å². The summed E-state index contributed by atoms with van der Waals surface area (Å²) in [5.41, 5.74) is 0.185. The number of halogens is 1. The van der Waals surface area contributed by atoms with E-state index in [1.807, 2.05) is 6.07 Å². The van der Waals surface area contributed by atoms with E-state index in [1.165, 1.54) is 19.2 Å². The number of rotatable bonds is 5. The van der Waals surface area contributed by atoms with Crippen molar-refractivity contribution in [2.75, 3.05) is 7.11 Å². The number of hydrogen-bond donors (Lipinski definition) is 1. The van der Waals surface area contributed by atoms with E-state index in [9.17, 15) is 9.18 Å². The van der Waals surface area contributed by atoms with E-state index in [0.717, 1.165) is 6.07 Å². The topological polar surface area (TPSA) is 55.8 Å². The highest BCUT2D eigenvalue weighted by Gasteiger charge is 2.11. The number of aromatic carboxylic acids is 1. The van der Waals surface area contributed by atoms with Crippen LogP contribution in [0.4, 0.5) is 4.39 Å². The van der Waals surface area contributed by atoms with Gasteiger partial charge in [-0.05, 0) is 29.8 Å². The van der Waals surface area contributed by atoms with Crippen LogP contribution < -0.4 is 9.47 Å². The lowest BCUT2D eigenvalue weighted by atomic mass is 10.1. The molecule has 0 saturated heterocycles.